The molecule has 1 unspecified atom stereocenters. The van der Waals surface area contributed by atoms with Crippen molar-refractivity contribution in [1.29, 1.82) is 0 Å². The fourth-order valence-corrected chi connectivity index (χ4v) is 3.21. The molecule has 21 heavy (non-hydrogen) atoms. The summed E-state index contributed by atoms with van der Waals surface area (Å²) in [6.45, 7) is 8.85. The predicted molar refractivity (Wildman–Crippen MR) is 93.6 cm³/mol. The Kier molecular flexibility index (Phi) is 6.88. The molecule has 0 aromatic heterocycles. The van der Waals surface area contributed by atoms with Crippen molar-refractivity contribution in [2.24, 2.45) is 0 Å². The van der Waals surface area contributed by atoms with Gasteiger partial charge in [0.05, 0.1) is 5.75 Å². The van der Waals surface area contributed by atoms with Crippen LogP contribution in [-0.2, 0) is 9.84 Å². The first kappa shape index (κ1) is 18.7. The third kappa shape index (κ3) is 7.43. The lowest BCUT2D eigenvalue weighted by Gasteiger charge is -2.25. The lowest BCUT2D eigenvalue weighted by Crippen LogP contribution is -2.38. The van der Waals surface area contributed by atoms with Crippen LogP contribution in [0.2, 0.25) is 0 Å². The molecular formula is C16H26BrNO2S. The van der Waals surface area contributed by atoms with E-state index in [0.717, 1.165) is 11.0 Å². The fourth-order valence-electron chi connectivity index (χ4n) is 2.02. The molecule has 1 aromatic rings. The van der Waals surface area contributed by atoms with Gasteiger partial charge in [0.1, 0.15) is 9.84 Å². The van der Waals surface area contributed by atoms with E-state index in [9.17, 15) is 8.42 Å². The summed E-state index contributed by atoms with van der Waals surface area (Å²) >= 11 is 3.44. The Balaban J connectivity index is 2.81. The highest BCUT2D eigenvalue weighted by Crippen LogP contribution is 2.23. The summed E-state index contributed by atoms with van der Waals surface area (Å²) in [4.78, 5) is 0. The van der Waals surface area contributed by atoms with Gasteiger partial charge in [-0.25, -0.2) is 8.42 Å². The predicted octanol–water partition coefficient (Wildman–Crippen LogP) is 3.75. The van der Waals surface area contributed by atoms with Gasteiger partial charge in [0.2, 0.25) is 0 Å². The van der Waals surface area contributed by atoms with Gasteiger partial charge in [-0.3, -0.25) is 0 Å². The van der Waals surface area contributed by atoms with Crippen molar-refractivity contribution in [2.45, 2.75) is 45.6 Å². The number of benzene rings is 1. The Bertz CT molecular complexity index is 532. The molecule has 1 atom stereocenters. The molecule has 0 fully saturated rings. The molecule has 0 radical (unpaired) electrons. The van der Waals surface area contributed by atoms with E-state index < -0.39 is 9.84 Å². The van der Waals surface area contributed by atoms with Gasteiger partial charge in [-0.15, -0.1) is 0 Å². The highest BCUT2D eigenvalue weighted by atomic mass is 79.9. The number of hydrogen-bond donors (Lipinski definition) is 1. The SMILES string of the molecule is CCS(=O)(=O)CCC(CNC(C)(C)C)c1ccc(Br)cc1. The van der Waals surface area contributed by atoms with Crippen molar-refractivity contribution in [3.05, 3.63) is 34.3 Å². The Morgan fingerprint density at radius 3 is 2.24 bits per heavy atom. The van der Waals surface area contributed by atoms with Crippen LogP contribution in [0.25, 0.3) is 0 Å². The molecule has 0 saturated carbocycles. The summed E-state index contributed by atoms with van der Waals surface area (Å²) in [7, 11) is -2.92. The lowest BCUT2D eigenvalue weighted by molar-refractivity contribution is 0.403. The Labute approximate surface area is 137 Å². The van der Waals surface area contributed by atoms with E-state index in [2.05, 4.69) is 54.2 Å². The Hall–Kier alpha value is -0.390. The van der Waals surface area contributed by atoms with E-state index in [1.54, 1.807) is 6.92 Å². The van der Waals surface area contributed by atoms with Crippen molar-refractivity contribution in [3.63, 3.8) is 0 Å². The number of halogens is 1. The van der Waals surface area contributed by atoms with Crippen molar-refractivity contribution in [2.75, 3.05) is 18.1 Å². The van der Waals surface area contributed by atoms with E-state index in [1.807, 2.05) is 12.1 Å². The summed E-state index contributed by atoms with van der Waals surface area (Å²) in [5.74, 6) is 0.668. The zero-order valence-corrected chi connectivity index (χ0v) is 15.7. The summed E-state index contributed by atoms with van der Waals surface area (Å²) in [6.07, 6.45) is 0.654. The van der Waals surface area contributed by atoms with Gasteiger partial charge in [0, 0.05) is 22.3 Å². The molecule has 0 heterocycles. The maximum atomic E-state index is 11.8. The van der Waals surface area contributed by atoms with Crippen LogP contribution in [0.3, 0.4) is 0 Å². The second-order valence-electron chi connectivity index (χ2n) is 6.40. The molecule has 0 spiro atoms. The van der Waals surface area contributed by atoms with Gasteiger partial charge < -0.3 is 5.32 Å². The van der Waals surface area contributed by atoms with Gasteiger partial charge in [0.25, 0.3) is 0 Å². The van der Waals surface area contributed by atoms with Gasteiger partial charge >= 0.3 is 0 Å². The highest BCUT2D eigenvalue weighted by Gasteiger charge is 2.18. The first-order chi connectivity index (χ1) is 9.63. The molecule has 1 rings (SSSR count). The van der Waals surface area contributed by atoms with Crippen LogP contribution < -0.4 is 5.32 Å². The van der Waals surface area contributed by atoms with Crippen molar-refractivity contribution in [1.82, 2.24) is 5.32 Å². The first-order valence-electron chi connectivity index (χ1n) is 7.34. The molecular weight excluding hydrogens is 350 g/mol. The van der Waals surface area contributed by atoms with Crippen LogP contribution in [0.1, 0.15) is 45.6 Å². The molecule has 0 aliphatic rings. The molecule has 1 aromatic carbocycles. The topological polar surface area (TPSA) is 46.2 Å². The average Bonchev–Trinajstić information content (AvgIpc) is 2.39. The van der Waals surface area contributed by atoms with Crippen LogP contribution in [0.4, 0.5) is 0 Å². The lowest BCUT2D eigenvalue weighted by atomic mass is 9.95. The van der Waals surface area contributed by atoms with Gasteiger partial charge in [-0.2, -0.15) is 0 Å². The molecule has 0 bridgehead atoms. The van der Waals surface area contributed by atoms with Crippen LogP contribution in [0.5, 0.6) is 0 Å². The zero-order valence-electron chi connectivity index (χ0n) is 13.3. The monoisotopic (exact) mass is 375 g/mol. The van der Waals surface area contributed by atoms with Crippen LogP contribution in [0, 0.1) is 0 Å². The second-order valence-corrected chi connectivity index (χ2v) is 9.79. The minimum atomic E-state index is -2.92. The van der Waals surface area contributed by atoms with E-state index in [4.69, 9.17) is 0 Å². The summed E-state index contributed by atoms with van der Waals surface area (Å²) in [5.41, 5.74) is 1.21. The first-order valence-corrected chi connectivity index (χ1v) is 9.95. The Morgan fingerprint density at radius 2 is 1.76 bits per heavy atom. The zero-order chi connectivity index (χ0) is 16.1. The number of sulfone groups is 1. The molecule has 5 heteroatoms. The summed E-state index contributed by atoms with van der Waals surface area (Å²) in [5, 5.41) is 3.48. The van der Waals surface area contributed by atoms with E-state index in [1.165, 1.54) is 5.56 Å². The molecule has 0 saturated heterocycles. The number of hydrogen-bond acceptors (Lipinski definition) is 3. The summed E-state index contributed by atoms with van der Waals surface area (Å²) in [6, 6.07) is 8.15. The van der Waals surface area contributed by atoms with Crippen LogP contribution in [0.15, 0.2) is 28.7 Å². The molecule has 1 N–H and O–H groups in total. The largest absolute Gasteiger partial charge is 0.311 e. The maximum absolute atomic E-state index is 11.8. The van der Waals surface area contributed by atoms with E-state index in [0.29, 0.717) is 6.42 Å². The van der Waals surface area contributed by atoms with Crippen LogP contribution in [-0.4, -0.2) is 32.0 Å². The normalized spacial score (nSPS) is 14.1. The van der Waals surface area contributed by atoms with Gasteiger partial charge in [-0.05, 0) is 50.8 Å². The quantitative estimate of drug-likeness (QED) is 0.789. The van der Waals surface area contributed by atoms with Crippen molar-refractivity contribution >= 4 is 25.8 Å². The minimum absolute atomic E-state index is 0.0250. The smallest absolute Gasteiger partial charge is 0.150 e. The standard InChI is InChI=1S/C16H26BrNO2S/c1-5-21(19,20)11-10-14(12-18-16(2,3)4)13-6-8-15(17)9-7-13/h6-9,14,18H,5,10-12H2,1-4H3. The summed E-state index contributed by atoms with van der Waals surface area (Å²) < 4.78 is 24.6. The minimum Gasteiger partial charge on any atom is -0.311 e. The molecule has 3 nitrogen and oxygen atoms in total. The molecule has 0 amide bonds. The van der Waals surface area contributed by atoms with Crippen molar-refractivity contribution < 1.29 is 8.42 Å². The maximum Gasteiger partial charge on any atom is 0.150 e. The van der Waals surface area contributed by atoms with Crippen LogP contribution >= 0.6 is 15.9 Å². The van der Waals surface area contributed by atoms with Gasteiger partial charge in [-0.1, -0.05) is 35.0 Å². The van der Waals surface area contributed by atoms with E-state index >= 15 is 0 Å². The third-order valence-corrected chi connectivity index (χ3v) is 5.70. The third-order valence-electron chi connectivity index (χ3n) is 3.44. The fraction of sp³-hybridized carbons (Fsp3) is 0.625. The molecule has 0 aliphatic carbocycles. The number of nitrogens with one attached hydrogen (secondary N) is 1. The molecule has 120 valence electrons. The molecule has 0 aliphatic heterocycles. The second kappa shape index (κ2) is 7.75. The van der Waals surface area contributed by atoms with Crippen molar-refractivity contribution in [3.8, 4) is 0 Å². The van der Waals surface area contributed by atoms with Gasteiger partial charge in [0.15, 0.2) is 0 Å². The Morgan fingerprint density at radius 1 is 1.19 bits per heavy atom. The average molecular weight is 376 g/mol. The van der Waals surface area contributed by atoms with E-state index in [-0.39, 0.29) is 23.0 Å². The number of rotatable bonds is 7. The highest BCUT2D eigenvalue weighted by molar-refractivity contribution is 9.10.